The van der Waals surface area contributed by atoms with E-state index in [1.54, 1.807) is 0 Å². The van der Waals surface area contributed by atoms with Gasteiger partial charge in [-0.15, -0.1) is 0 Å². The smallest absolute Gasteiger partial charge is 0.309 e. The zero-order chi connectivity index (χ0) is 29.3. The molecule has 6 rings (SSSR count). The molecule has 0 bridgehead atoms. The quantitative estimate of drug-likeness (QED) is 0.364. The maximum Gasteiger partial charge on any atom is 0.309 e. The molecule has 5 aliphatic carbocycles. The van der Waals surface area contributed by atoms with Crippen LogP contribution in [0, 0.1) is 50.2 Å². The van der Waals surface area contributed by atoms with Crippen molar-refractivity contribution in [2.75, 3.05) is 0 Å². The van der Waals surface area contributed by atoms with Crippen molar-refractivity contribution in [3.8, 4) is 0 Å². The Morgan fingerprint density at radius 1 is 0.875 bits per heavy atom. The number of allylic oxidation sites excluding steroid dienone is 2. The number of Topliss-reactive ketones (excluding diaryl/α,β-unsaturated/α-hetero) is 1. The average molecular weight is 553 g/mol. The summed E-state index contributed by atoms with van der Waals surface area (Å²) in [6, 6.07) is 0. The van der Waals surface area contributed by atoms with Gasteiger partial charge < -0.3 is 9.84 Å². The molecule has 0 aromatic heterocycles. The lowest BCUT2D eigenvalue weighted by atomic mass is 9.32. The van der Waals surface area contributed by atoms with E-state index in [0.29, 0.717) is 25.7 Å². The minimum Gasteiger partial charge on any atom is -0.481 e. The second-order valence-corrected chi connectivity index (χ2v) is 16.5. The van der Waals surface area contributed by atoms with Gasteiger partial charge in [0.05, 0.1) is 11.8 Å². The van der Waals surface area contributed by atoms with Gasteiger partial charge in [0.1, 0.15) is 0 Å². The van der Waals surface area contributed by atoms with E-state index in [-0.39, 0.29) is 69.8 Å². The number of ether oxygens (including phenoxy) is 1. The second kappa shape index (κ2) is 8.10. The van der Waals surface area contributed by atoms with Crippen molar-refractivity contribution < 1.29 is 29.0 Å². The first-order chi connectivity index (χ1) is 18.4. The topological polar surface area (TPSA) is 97.7 Å². The van der Waals surface area contributed by atoms with E-state index in [1.165, 1.54) is 5.57 Å². The minimum atomic E-state index is -1.10. The van der Waals surface area contributed by atoms with Crippen molar-refractivity contribution in [2.45, 2.75) is 125 Å². The zero-order valence-electron chi connectivity index (χ0n) is 25.6. The molecule has 1 heterocycles. The van der Waals surface area contributed by atoms with Gasteiger partial charge in [-0.2, -0.15) is 0 Å². The Labute approximate surface area is 239 Å². The van der Waals surface area contributed by atoms with Gasteiger partial charge in [-0.3, -0.25) is 19.2 Å². The van der Waals surface area contributed by atoms with Gasteiger partial charge in [0, 0.05) is 17.8 Å². The van der Waals surface area contributed by atoms with Crippen molar-refractivity contribution in [3.63, 3.8) is 0 Å². The minimum absolute atomic E-state index is 0.0231. The monoisotopic (exact) mass is 552 g/mol. The normalized spacial score (nSPS) is 51.5. The van der Waals surface area contributed by atoms with E-state index in [4.69, 9.17) is 4.74 Å². The SMILES string of the molecule is CC1(C)[C@@H]2CC[C@]3(C)[C@H](C(=O)C=C4[C@H]5C[C@@](C)(C(=O)O)CC[C@]5(C)CC[C@]43C)[C@@]2(C)CC[C@]12OC(=O)CCC2=O. The molecule has 6 nitrogen and oxygen atoms in total. The Morgan fingerprint density at radius 3 is 2.23 bits per heavy atom. The summed E-state index contributed by atoms with van der Waals surface area (Å²) >= 11 is 0. The molecule has 6 aliphatic rings. The summed E-state index contributed by atoms with van der Waals surface area (Å²) in [5, 5.41) is 10.1. The third kappa shape index (κ3) is 3.17. The van der Waals surface area contributed by atoms with Crippen molar-refractivity contribution >= 4 is 23.5 Å². The molecular weight excluding hydrogens is 504 g/mol. The highest BCUT2D eigenvalue weighted by atomic mass is 16.6. The van der Waals surface area contributed by atoms with Crippen LogP contribution in [0.15, 0.2) is 11.6 Å². The Kier molecular flexibility index (Phi) is 5.70. The van der Waals surface area contributed by atoms with Crippen LogP contribution in [0.5, 0.6) is 0 Å². The summed E-state index contributed by atoms with van der Waals surface area (Å²) in [7, 11) is 0. The fourth-order valence-electron chi connectivity index (χ4n) is 11.7. The molecule has 40 heavy (non-hydrogen) atoms. The lowest BCUT2D eigenvalue weighted by Gasteiger charge is -2.71. The fourth-order valence-corrected chi connectivity index (χ4v) is 11.7. The Morgan fingerprint density at radius 2 is 1.55 bits per heavy atom. The van der Waals surface area contributed by atoms with Crippen LogP contribution < -0.4 is 0 Å². The predicted octanol–water partition coefficient (Wildman–Crippen LogP) is 6.70. The first-order valence-electron chi connectivity index (χ1n) is 15.6. The van der Waals surface area contributed by atoms with Crippen LogP contribution in [0.2, 0.25) is 0 Å². The third-order valence-corrected chi connectivity index (χ3v) is 14.6. The lowest BCUT2D eigenvalue weighted by Crippen LogP contribution is -2.71. The standard InChI is InChI=1S/C34H48O6/c1-28(2)23-10-11-33(7)26(31(23,5)15-17-34(28)24(36)8-9-25(37)40-34)22(35)18-20-21-19-30(4,27(38)39)13-12-29(21,3)14-16-32(20,33)6/h18,21,23,26H,8-17,19H2,1-7H3,(H,38,39)/t21-,23+,26-,29-,30+,31+,32-,33-,34-/m1/s1. The van der Waals surface area contributed by atoms with Gasteiger partial charge in [-0.25, -0.2) is 0 Å². The largest absolute Gasteiger partial charge is 0.481 e. The van der Waals surface area contributed by atoms with Gasteiger partial charge in [0.2, 0.25) is 0 Å². The number of aliphatic carboxylic acids is 1. The summed E-state index contributed by atoms with van der Waals surface area (Å²) in [4.78, 5) is 52.8. The number of carboxylic acids is 1. The number of carboxylic acid groups (broad SMARTS) is 1. The summed E-state index contributed by atoms with van der Waals surface area (Å²) in [6.45, 7) is 15.4. The van der Waals surface area contributed by atoms with Crippen LogP contribution in [0.4, 0.5) is 0 Å². The maximum atomic E-state index is 14.5. The van der Waals surface area contributed by atoms with Gasteiger partial charge in [0.15, 0.2) is 17.2 Å². The molecule has 0 unspecified atom stereocenters. The second-order valence-electron chi connectivity index (χ2n) is 16.5. The van der Waals surface area contributed by atoms with Gasteiger partial charge >= 0.3 is 11.9 Å². The molecule has 0 aromatic rings. The van der Waals surface area contributed by atoms with E-state index in [0.717, 1.165) is 32.1 Å². The molecule has 0 radical (unpaired) electrons. The number of carbonyl (C=O) groups is 4. The number of hydrogen-bond donors (Lipinski definition) is 1. The Bertz CT molecular complexity index is 1250. The molecule has 220 valence electrons. The van der Waals surface area contributed by atoms with Gasteiger partial charge in [-0.05, 0) is 104 Å². The zero-order valence-corrected chi connectivity index (χ0v) is 25.6. The fraction of sp³-hybridized carbons (Fsp3) is 0.824. The average Bonchev–Trinajstić information content (AvgIpc) is 2.86. The molecule has 1 spiro atoms. The van der Waals surface area contributed by atoms with Crippen LogP contribution in [0.3, 0.4) is 0 Å². The molecule has 4 saturated carbocycles. The molecule has 0 aromatic carbocycles. The molecule has 1 aliphatic heterocycles. The van der Waals surface area contributed by atoms with E-state index in [9.17, 15) is 24.3 Å². The van der Waals surface area contributed by atoms with Crippen molar-refractivity contribution in [3.05, 3.63) is 11.6 Å². The lowest BCUT2D eigenvalue weighted by molar-refractivity contribution is -0.241. The number of rotatable bonds is 1. The summed E-state index contributed by atoms with van der Waals surface area (Å²) in [5.74, 6) is -0.788. The van der Waals surface area contributed by atoms with Crippen LogP contribution in [0.25, 0.3) is 0 Å². The molecule has 9 atom stereocenters. The highest BCUT2D eigenvalue weighted by Crippen LogP contribution is 2.76. The Hall–Kier alpha value is -1.98. The molecule has 1 N–H and O–H groups in total. The van der Waals surface area contributed by atoms with E-state index < -0.39 is 22.4 Å². The van der Waals surface area contributed by atoms with Crippen LogP contribution in [-0.4, -0.2) is 34.2 Å². The summed E-state index contributed by atoms with van der Waals surface area (Å²) < 4.78 is 6.01. The Balaban J connectivity index is 1.43. The number of carbonyl (C=O) groups excluding carboxylic acids is 3. The summed E-state index contributed by atoms with van der Waals surface area (Å²) in [6.07, 6.45) is 9.51. The summed E-state index contributed by atoms with van der Waals surface area (Å²) in [5.41, 5.74) is -1.97. The van der Waals surface area contributed by atoms with E-state index in [1.807, 2.05) is 13.0 Å². The molecule has 5 fully saturated rings. The highest BCUT2D eigenvalue weighted by Gasteiger charge is 2.73. The number of hydrogen-bond acceptors (Lipinski definition) is 5. The maximum absolute atomic E-state index is 14.5. The molecular formula is C34H48O6. The van der Waals surface area contributed by atoms with Crippen molar-refractivity contribution in [2.24, 2.45) is 50.2 Å². The van der Waals surface area contributed by atoms with Crippen LogP contribution in [0.1, 0.15) is 119 Å². The van der Waals surface area contributed by atoms with Crippen LogP contribution >= 0.6 is 0 Å². The highest BCUT2D eigenvalue weighted by molar-refractivity contribution is 5.97. The third-order valence-electron chi connectivity index (χ3n) is 14.6. The first kappa shape index (κ1) is 28.2. The number of esters is 1. The van der Waals surface area contributed by atoms with E-state index >= 15 is 0 Å². The van der Waals surface area contributed by atoms with E-state index in [2.05, 4.69) is 41.5 Å². The molecule has 6 heteroatoms. The molecule has 0 amide bonds. The number of fused-ring (bicyclic) bond motifs is 7. The van der Waals surface area contributed by atoms with Crippen LogP contribution in [-0.2, 0) is 23.9 Å². The van der Waals surface area contributed by atoms with Gasteiger partial charge in [-0.1, -0.05) is 47.1 Å². The van der Waals surface area contributed by atoms with Gasteiger partial charge in [0.25, 0.3) is 0 Å². The van der Waals surface area contributed by atoms with Crippen molar-refractivity contribution in [1.82, 2.24) is 0 Å². The number of ketones is 2. The van der Waals surface area contributed by atoms with Crippen molar-refractivity contribution in [1.29, 1.82) is 0 Å². The molecule has 1 saturated heterocycles. The predicted molar refractivity (Wildman–Crippen MR) is 150 cm³/mol. The first-order valence-corrected chi connectivity index (χ1v) is 15.6.